The molecule has 2 aromatic rings. The van der Waals surface area contributed by atoms with Gasteiger partial charge in [-0.05, 0) is 44.5 Å². The topological polar surface area (TPSA) is 47.6 Å². The maximum Gasteiger partial charge on any atom is 0.255 e. The zero-order valence-corrected chi connectivity index (χ0v) is 14.5. The van der Waals surface area contributed by atoms with Crippen molar-refractivity contribution >= 4 is 23.2 Å². The van der Waals surface area contributed by atoms with Gasteiger partial charge in [0.2, 0.25) is 0 Å². The summed E-state index contributed by atoms with van der Waals surface area (Å²) in [5, 5.41) is 3.23. The van der Waals surface area contributed by atoms with E-state index < -0.39 is 0 Å². The smallest absolute Gasteiger partial charge is 0.255 e. The second-order valence-corrected chi connectivity index (χ2v) is 5.60. The van der Waals surface area contributed by atoms with Crippen LogP contribution < -0.4 is 14.8 Å². The van der Waals surface area contributed by atoms with E-state index in [2.05, 4.69) is 5.32 Å². The van der Waals surface area contributed by atoms with Gasteiger partial charge in [0, 0.05) is 11.3 Å². The van der Waals surface area contributed by atoms with E-state index in [0.717, 1.165) is 16.8 Å². The van der Waals surface area contributed by atoms with Crippen molar-refractivity contribution in [2.45, 2.75) is 20.8 Å². The van der Waals surface area contributed by atoms with E-state index >= 15 is 0 Å². The number of amides is 1. The fraction of sp³-hybridized carbons (Fsp3) is 0.278. The zero-order valence-electron chi connectivity index (χ0n) is 13.7. The van der Waals surface area contributed by atoms with E-state index in [0.29, 0.717) is 28.7 Å². The van der Waals surface area contributed by atoms with E-state index in [1.807, 2.05) is 39.0 Å². The Morgan fingerprint density at radius 2 is 1.96 bits per heavy atom. The monoisotopic (exact) mass is 333 g/mol. The van der Waals surface area contributed by atoms with Crippen LogP contribution in [-0.4, -0.2) is 19.6 Å². The molecule has 2 rings (SSSR count). The molecule has 0 saturated heterocycles. The molecule has 0 atom stereocenters. The second kappa shape index (κ2) is 7.38. The van der Waals surface area contributed by atoms with Crippen LogP contribution in [0.1, 0.15) is 28.4 Å². The number of ether oxygens (including phenoxy) is 2. The summed E-state index contributed by atoms with van der Waals surface area (Å²) in [6, 6.07) is 9.05. The minimum Gasteiger partial charge on any atom is -0.493 e. The Hall–Kier alpha value is -2.20. The number of carbonyl (C=O) groups excluding carboxylic acids is 1. The second-order valence-electron chi connectivity index (χ2n) is 5.19. The molecule has 0 unspecified atom stereocenters. The Kier molecular flexibility index (Phi) is 5.50. The molecule has 0 radical (unpaired) electrons. The van der Waals surface area contributed by atoms with Gasteiger partial charge >= 0.3 is 0 Å². The van der Waals surface area contributed by atoms with Crippen LogP contribution in [0.4, 0.5) is 5.69 Å². The van der Waals surface area contributed by atoms with Gasteiger partial charge in [-0.3, -0.25) is 4.79 Å². The molecule has 0 spiro atoms. The van der Waals surface area contributed by atoms with Crippen LogP contribution in [0.5, 0.6) is 11.5 Å². The lowest BCUT2D eigenvalue weighted by Gasteiger charge is -2.14. The van der Waals surface area contributed by atoms with Crippen LogP contribution in [0.25, 0.3) is 0 Å². The number of carbonyl (C=O) groups is 1. The van der Waals surface area contributed by atoms with Crippen LogP contribution in [0.15, 0.2) is 30.3 Å². The van der Waals surface area contributed by atoms with Crippen LogP contribution in [0, 0.1) is 13.8 Å². The van der Waals surface area contributed by atoms with Gasteiger partial charge in [0.05, 0.1) is 18.7 Å². The van der Waals surface area contributed by atoms with Crippen LogP contribution in [0.2, 0.25) is 5.02 Å². The Balaban J connectivity index is 2.30. The molecular weight excluding hydrogens is 314 g/mol. The van der Waals surface area contributed by atoms with Crippen molar-refractivity contribution in [1.82, 2.24) is 0 Å². The lowest BCUT2D eigenvalue weighted by Crippen LogP contribution is -2.13. The number of aryl methyl sites for hydroxylation is 2. The molecule has 1 amide bonds. The molecule has 0 aliphatic carbocycles. The molecule has 1 N–H and O–H groups in total. The van der Waals surface area contributed by atoms with Crippen molar-refractivity contribution in [3.63, 3.8) is 0 Å². The van der Waals surface area contributed by atoms with E-state index in [1.54, 1.807) is 12.1 Å². The molecule has 0 aliphatic rings. The number of anilines is 1. The summed E-state index contributed by atoms with van der Waals surface area (Å²) in [5.41, 5.74) is 3.33. The summed E-state index contributed by atoms with van der Waals surface area (Å²) in [5.74, 6) is 0.630. The van der Waals surface area contributed by atoms with Crippen LogP contribution in [-0.2, 0) is 0 Å². The molecule has 122 valence electrons. The fourth-order valence-corrected chi connectivity index (χ4v) is 2.55. The quantitative estimate of drug-likeness (QED) is 0.868. The molecule has 0 heterocycles. The molecular formula is C18H20ClNO3. The number of nitrogens with one attached hydrogen (secondary N) is 1. The summed E-state index contributed by atoms with van der Waals surface area (Å²) in [4.78, 5) is 12.5. The number of hydrogen-bond acceptors (Lipinski definition) is 3. The Bertz CT molecular complexity index is 728. The van der Waals surface area contributed by atoms with Crippen LogP contribution in [0.3, 0.4) is 0 Å². The first kappa shape index (κ1) is 17.2. The van der Waals surface area contributed by atoms with Crippen molar-refractivity contribution in [1.29, 1.82) is 0 Å². The summed E-state index contributed by atoms with van der Waals surface area (Å²) < 4.78 is 10.7. The third-order valence-electron chi connectivity index (χ3n) is 3.41. The van der Waals surface area contributed by atoms with E-state index in [9.17, 15) is 4.79 Å². The van der Waals surface area contributed by atoms with Crippen LogP contribution >= 0.6 is 11.6 Å². The maximum absolute atomic E-state index is 12.5. The first-order valence-corrected chi connectivity index (χ1v) is 7.73. The Morgan fingerprint density at radius 3 is 2.57 bits per heavy atom. The molecule has 5 heteroatoms. The highest BCUT2D eigenvalue weighted by molar-refractivity contribution is 6.32. The predicted molar refractivity (Wildman–Crippen MR) is 93.0 cm³/mol. The molecule has 0 aromatic heterocycles. The minimum atomic E-state index is -0.250. The highest BCUT2D eigenvalue weighted by Crippen LogP contribution is 2.36. The average Bonchev–Trinajstić information content (AvgIpc) is 2.51. The lowest BCUT2D eigenvalue weighted by molar-refractivity contribution is 0.102. The fourth-order valence-electron chi connectivity index (χ4n) is 2.28. The molecule has 4 nitrogen and oxygen atoms in total. The summed E-state index contributed by atoms with van der Waals surface area (Å²) >= 11 is 6.21. The maximum atomic E-state index is 12.5. The number of methoxy groups -OCH3 is 1. The summed E-state index contributed by atoms with van der Waals surface area (Å²) in [7, 11) is 1.51. The standard InChI is InChI=1S/C18H20ClNO3/c1-5-23-17-14(19)9-13(10-16(17)22-4)18(21)20-15-7-6-11(2)8-12(15)3/h6-10H,5H2,1-4H3,(H,20,21). The number of rotatable bonds is 5. The predicted octanol–water partition coefficient (Wildman–Crippen LogP) is 4.62. The van der Waals surface area contributed by atoms with E-state index in [4.69, 9.17) is 21.1 Å². The van der Waals surface area contributed by atoms with Crippen molar-refractivity contribution in [2.75, 3.05) is 19.0 Å². The molecule has 0 bridgehead atoms. The third-order valence-corrected chi connectivity index (χ3v) is 3.69. The SMILES string of the molecule is CCOc1c(Cl)cc(C(=O)Nc2ccc(C)cc2C)cc1OC. The van der Waals surface area contributed by atoms with Crippen molar-refractivity contribution in [2.24, 2.45) is 0 Å². The Morgan fingerprint density at radius 1 is 1.22 bits per heavy atom. The van der Waals surface area contributed by atoms with E-state index in [1.165, 1.54) is 7.11 Å². The Labute approximate surface area is 141 Å². The first-order chi connectivity index (χ1) is 11.0. The van der Waals surface area contributed by atoms with E-state index in [-0.39, 0.29) is 5.91 Å². The molecule has 0 fully saturated rings. The minimum absolute atomic E-state index is 0.250. The molecule has 23 heavy (non-hydrogen) atoms. The lowest BCUT2D eigenvalue weighted by atomic mass is 10.1. The van der Waals surface area contributed by atoms with Crippen molar-refractivity contribution in [3.05, 3.63) is 52.0 Å². The van der Waals surface area contributed by atoms with Gasteiger partial charge in [-0.15, -0.1) is 0 Å². The largest absolute Gasteiger partial charge is 0.493 e. The normalized spacial score (nSPS) is 10.3. The highest BCUT2D eigenvalue weighted by atomic mass is 35.5. The summed E-state index contributed by atoms with van der Waals surface area (Å²) in [6.45, 7) is 6.28. The van der Waals surface area contributed by atoms with Gasteiger partial charge in [0.25, 0.3) is 5.91 Å². The number of halogens is 1. The van der Waals surface area contributed by atoms with Crippen molar-refractivity contribution in [3.8, 4) is 11.5 Å². The van der Waals surface area contributed by atoms with Gasteiger partial charge in [-0.1, -0.05) is 29.3 Å². The summed E-state index contributed by atoms with van der Waals surface area (Å²) in [6.07, 6.45) is 0. The third kappa shape index (κ3) is 3.96. The zero-order chi connectivity index (χ0) is 17.0. The van der Waals surface area contributed by atoms with Gasteiger partial charge in [0.1, 0.15) is 0 Å². The highest BCUT2D eigenvalue weighted by Gasteiger charge is 2.16. The number of hydrogen-bond donors (Lipinski definition) is 1. The van der Waals surface area contributed by atoms with Gasteiger partial charge in [0.15, 0.2) is 11.5 Å². The van der Waals surface area contributed by atoms with Gasteiger partial charge < -0.3 is 14.8 Å². The van der Waals surface area contributed by atoms with Gasteiger partial charge in [-0.25, -0.2) is 0 Å². The first-order valence-electron chi connectivity index (χ1n) is 7.35. The molecule has 0 aliphatic heterocycles. The molecule has 0 saturated carbocycles. The van der Waals surface area contributed by atoms with Gasteiger partial charge in [-0.2, -0.15) is 0 Å². The molecule has 2 aromatic carbocycles. The number of benzene rings is 2. The average molecular weight is 334 g/mol. The van der Waals surface area contributed by atoms with Crippen molar-refractivity contribution < 1.29 is 14.3 Å².